The minimum absolute atomic E-state index is 0.0985. The van der Waals surface area contributed by atoms with E-state index in [1.807, 2.05) is 36.4 Å². The van der Waals surface area contributed by atoms with Gasteiger partial charge in [0.15, 0.2) is 0 Å². The van der Waals surface area contributed by atoms with Gasteiger partial charge in [-0.05, 0) is 54.7 Å². The molecule has 0 spiro atoms. The first-order chi connectivity index (χ1) is 23.9. The van der Waals surface area contributed by atoms with Crippen molar-refractivity contribution in [3.63, 3.8) is 0 Å². The van der Waals surface area contributed by atoms with Gasteiger partial charge in [0.1, 0.15) is 11.8 Å². The highest BCUT2D eigenvalue weighted by Gasteiger charge is 2.46. The predicted octanol–water partition coefficient (Wildman–Crippen LogP) is 5.81. The van der Waals surface area contributed by atoms with E-state index in [1.165, 1.54) is 0 Å². The summed E-state index contributed by atoms with van der Waals surface area (Å²) in [6.07, 6.45) is 2.73. The molecule has 4 aromatic rings. The fraction of sp³-hybridized carbons (Fsp3) is 0.231. The number of amides is 7. The van der Waals surface area contributed by atoms with E-state index in [2.05, 4.69) is 5.32 Å². The van der Waals surface area contributed by atoms with Crippen LogP contribution in [0.3, 0.4) is 0 Å². The number of anilines is 2. The zero-order chi connectivity index (χ0) is 34.6. The van der Waals surface area contributed by atoms with Gasteiger partial charge in [-0.25, -0.2) is 9.69 Å². The lowest BCUT2D eigenvalue weighted by Gasteiger charge is -2.37. The van der Waals surface area contributed by atoms with Gasteiger partial charge >= 0.3 is 6.03 Å². The zero-order valence-electron chi connectivity index (χ0n) is 27.0. The summed E-state index contributed by atoms with van der Waals surface area (Å²) in [6, 6.07) is 34.5. The number of unbranched alkanes of at least 4 members (excludes halogenated alkanes) is 3. The number of urea groups is 1. The van der Waals surface area contributed by atoms with Crippen LogP contribution in [-0.2, 0) is 30.4 Å². The van der Waals surface area contributed by atoms with Crippen molar-refractivity contribution in [2.75, 3.05) is 23.3 Å². The largest absolute Gasteiger partial charge is 0.338 e. The van der Waals surface area contributed by atoms with Gasteiger partial charge in [0.25, 0.3) is 0 Å². The molecule has 0 aliphatic carbocycles. The Morgan fingerprint density at radius 2 is 1.29 bits per heavy atom. The normalized spacial score (nSPS) is 15.1. The van der Waals surface area contributed by atoms with Gasteiger partial charge in [-0.15, -0.1) is 0 Å². The molecule has 0 aromatic heterocycles. The second-order valence-corrected chi connectivity index (χ2v) is 11.8. The highest BCUT2D eigenvalue weighted by Crippen LogP contribution is 2.28. The molecular formula is C39H38N4O6. The monoisotopic (exact) mass is 658 g/mol. The molecule has 1 fully saturated rings. The number of hydrogen-bond acceptors (Lipinski definition) is 6. The van der Waals surface area contributed by atoms with Crippen molar-refractivity contribution in [2.45, 2.75) is 38.0 Å². The van der Waals surface area contributed by atoms with Crippen LogP contribution in [0.1, 0.15) is 42.7 Å². The van der Waals surface area contributed by atoms with Gasteiger partial charge < -0.3 is 5.32 Å². The van der Waals surface area contributed by atoms with E-state index >= 15 is 0 Å². The second kappa shape index (κ2) is 16.8. The number of imide groups is 3. The summed E-state index contributed by atoms with van der Waals surface area (Å²) in [7, 11) is 0. The first-order valence-electron chi connectivity index (χ1n) is 16.3. The van der Waals surface area contributed by atoms with E-state index in [9.17, 15) is 28.8 Å². The number of rotatable bonds is 15. The molecule has 4 aromatic carbocycles. The van der Waals surface area contributed by atoms with Gasteiger partial charge in [-0.1, -0.05) is 110 Å². The van der Waals surface area contributed by atoms with Crippen molar-refractivity contribution < 1.29 is 28.8 Å². The standard InChI is InChI=1S/C39H38N4O6/c44-28-41(38(48)34(30-19-9-4-10-20-30)35(45)40-31-21-11-5-12-22-31)25-15-1-2-16-26-42-36(46)33(27-29-17-7-3-8-18-29)37(47)43(39(42)49)32-23-13-6-14-24-32/h3-14,17-24,28,33-34H,1-2,15-16,25-27H2,(H,40,45). The predicted molar refractivity (Wildman–Crippen MR) is 185 cm³/mol. The van der Waals surface area contributed by atoms with E-state index in [1.54, 1.807) is 84.9 Å². The quantitative estimate of drug-likeness (QED) is 0.0977. The van der Waals surface area contributed by atoms with E-state index in [0.717, 1.165) is 20.3 Å². The second-order valence-electron chi connectivity index (χ2n) is 11.8. The van der Waals surface area contributed by atoms with Crippen molar-refractivity contribution in [1.29, 1.82) is 0 Å². The molecule has 10 heteroatoms. The van der Waals surface area contributed by atoms with Crippen LogP contribution in [0.25, 0.3) is 0 Å². The smallest absolute Gasteiger partial charge is 0.325 e. The maximum absolute atomic E-state index is 13.6. The van der Waals surface area contributed by atoms with Crippen LogP contribution >= 0.6 is 0 Å². The lowest BCUT2D eigenvalue weighted by atomic mass is 9.94. The third kappa shape index (κ3) is 8.53. The minimum atomic E-state index is -1.22. The van der Waals surface area contributed by atoms with Crippen LogP contribution in [0.15, 0.2) is 121 Å². The van der Waals surface area contributed by atoms with Crippen LogP contribution in [0, 0.1) is 5.92 Å². The summed E-state index contributed by atoms with van der Waals surface area (Å²) in [5, 5.41) is 2.77. The molecule has 2 unspecified atom stereocenters. The topological polar surface area (TPSA) is 124 Å². The Hall–Kier alpha value is -5.90. The molecule has 2 atom stereocenters. The average Bonchev–Trinajstić information content (AvgIpc) is 3.13. The van der Waals surface area contributed by atoms with Crippen LogP contribution in [0.5, 0.6) is 0 Å². The highest BCUT2D eigenvalue weighted by molar-refractivity contribution is 6.27. The number of benzene rings is 4. The summed E-state index contributed by atoms with van der Waals surface area (Å²) < 4.78 is 0. The summed E-state index contributed by atoms with van der Waals surface area (Å²) in [6.45, 7) is 0.215. The van der Waals surface area contributed by atoms with Gasteiger partial charge in [0.05, 0.1) is 5.69 Å². The lowest BCUT2D eigenvalue weighted by molar-refractivity contribution is -0.143. The number of nitrogens with one attached hydrogen (secondary N) is 1. The fourth-order valence-corrected chi connectivity index (χ4v) is 5.88. The number of hydrogen-bond donors (Lipinski definition) is 1. The first kappa shape index (κ1) is 34.4. The Morgan fingerprint density at radius 1 is 0.714 bits per heavy atom. The molecule has 1 aliphatic heterocycles. The molecule has 49 heavy (non-hydrogen) atoms. The van der Waals surface area contributed by atoms with Crippen LogP contribution in [-0.4, -0.2) is 59.0 Å². The van der Waals surface area contributed by atoms with E-state index in [-0.39, 0.29) is 19.5 Å². The zero-order valence-corrected chi connectivity index (χ0v) is 27.0. The van der Waals surface area contributed by atoms with Gasteiger partial charge in [-0.3, -0.25) is 33.8 Å². The minimum Gasteiger partial charge on any atom is -0.325 e. The third-order valence-electron chi connectivity index (χ3n) is 8.43. The summed E-state index contributed by atoms with van der Waals surface area (Å²) in [4.78, 5) is 82.7. The molecule has 0 radical (unpaired) electrons. The lowest BCUT2D eigenvalue weighted by Crippen LogP contribution is -2.60. The number of barbiturate groups is 1. The Kier molecular flexibility index (Phi) is 11.8. The molecule has 1 N–H and O–H groups in total. The Labute approximate surface area is 285 Å². The van der Waals surface area contributed by atoms with E-state index < -0.39 is 41.5 Å². The van der Waals surface area contributed by atoms with Crippen molar-refractivity contribution in [3.05, 3.63) is 132 Å². The van der Waals surface area contributed by atoms with Gasteiger partial charge in [0.2, 0.25) is 30.0 Å². The van der Waals surface area contributed by atoms with Crippen LogP contribution in [0.4, 0.5) is 16.2 Å². The van der Waals surface area contributed by atoms with Crippen LogP contribution < -0.4 is 10.2 Å². The molecular weight excluding hydrogens is 620 g/mol. The molecule has 7 amide bonds. The molecule has 0 saturated carbocycles. The Morgan fingerprint density at radius 3 is 1.92 bits per heavy atom. The van der Waals surface area contributed by atoms with Gasteiger partial charge in [-0.2, -0.15) is 0 Å². The molecule has 0 bridgehead atoms. The van der Waals surface area contributed by atoms with Crippen molar-refractivity contribution in [3.8, 4) is 0 Å². The number of nitrogens with zero attached hydrogens (tertiary/aromatic N) is 3. The highest BCUT2D eigenvalue weighted by atomic mass is 16.2. The third-order valence-corrected chi connectivity index (χ3v) is 8.43. The Bertz CT molecular complexity index is 1750. The van der Waals surface area contributed by atoms with Crippen molar-refractivity contribution in [1.82, 2.24) is 9.80 Å². The summed E-state index contributed by atoms with van der Waals surface area (Å²) >= 11 is 0. The summed E-state index contributed by atoms with van der Waals surface area (Å²) in [5.41, 5.74) is 2.22. The van der Waals surface area contributed by atoms with E-state index in [4.69, 9.17) is 0 Å². The molecule has 5 rings (SSSR count). The molecule has 1 heterocycles. The van der Waals surface area contributed by atoms with Gasteiger partial charge in [0, 0.05) is 18.8 Å². The maximum atomic E-state index is 13.6. The SMILES string of the molecule is O=CN(CCCCCCN1C(=O)C(Cc2ccccc2)C(=O)N(c2ccccc2)C1=O)C(=O)C(C(=O)Nc1ccccc1)c1ccccc1. The number of carbonyl (C=O) groups excluding carboxylic acids is 6. The fourth-order valence-electron chi connectivity index (χ4n) is 5.88. The molecule has 1 saturated heterocycles. The van der Waals surface area contributed by atoms with Crippen LogP contribution in [0.2, 0.25) is 0 Å². The first-order valence-corrected chi connectivity index (χ1v) is 16.3. The maximum Gasteiger partial charge on any atom is 0.338 e. The summed E-state index contributed by atoms with van der Waals surface area (Å²) in [5.74, 6) is -4.50. The van der Waals surface area contributed by atoms with Crippen molar-refractivity contribution in [2.24, 2.45) is 5.92 Å². The van der Waals surface area contributed by atoms with Crippen molar-refractivity contribution >= 4 is 47.4 Å². The molecule has 250 valence electrons. The number of carbonyl (C=O) groups is 6. The van der Waals surface area contributed by atoms with E-state index in [0.29, 0.717) is 49.0 Å². The Balaban J connectivity index is 1.19. The molecule has 10 nitrogen and oxygen atoms in total. The number of para-hydroxylation sites is 2. The average molecular weight is 659 g/mol. The molecule has 1 aliphatic rings.